The number of nitrogens with one attached hydrogen (secondary N) is 1. The molecule has 0 spiro atoms. The minimum absolute atomic E-state index is 0.0476. The molecule has 3 N–H and O–H groups in total. The summed E-state index contributed by atoms with van der Waals surface area (Å²) in [4.78, 5) is 0. The summed E-state index contributed by atoms with van der Waals surface area (Å²) in [5.74, 6) is 0. The van der Waals surface area contributed by atoms with Crippen molar-refractivity contribution in [3.05, 3.63) is 35.4 Å². The highest BCUT2D eigenvalue weighted by Crippen LogP contribution is 2.18. The van der Waals surface area contributed by atoms with E-state index in [-0.39, 0.29) is 6.54 Å². The highest BCUT2D eigenvalue weighted by atomic mass is 19.4. The van der Waals surface area contributed by atoms with Gasteiger partial charge in [0.1, 0.15) is 0 Å². The Morgan fingerprint density at radius 2 is 1.65 bits per heavy atom. The van der Waals surface area contributed by atoms with Gasteiger partial charge in [-0.2, -0.15) is 13.2 Å². The van der Waals surface area contributed by atoms with Crippen LogP contribution in [0.5, 0.6) is 0 Å². The third kappa shape index (κ3) is 6.28. The van der Waals surface area contributed by atoms with E-state index in [1.165, 1.54) is 0 Å². The predicted molar refractivity (Wildman–Crippen MR) is 61.6 cm³/mol. The third-order valence-corrected chi connectivity index (χ3v) is 2.37. The number of benzene rings is 1. The minimum Gasteiger partial charge on any atom is -0.330 e. The molecule has 17 heavy (non-hydrogen) atoms. The molecule has 0 unspecified atom stereocenters. The number of nitrogens with two attached hydrogens (primary N) is 1. The van der Waals surface area contributed by atoms with Crippen LogP contribution in [0.25, 0.3) is 0 Å². The summed E-state index contributed by atoms with van der Waals surface area (Å²) in [6, 6.07) is 7.72. The number of alkyl halides is 3. The van der Waals surface area contributed by atoms with Gasteiger partial charge < -0.3 is 11.1 Å². The van der Waals surface area contributed by atoms with Crippen LogP contribution >= 0.6 is 0 Å². The molecule has 0 aromatic heterocycles. The summed E-state index contributed by atoms with van der Waals surface area (Å²) in [5, 5.41) is 2.76. The van der Waals surface area contributed by atoms with Crippen molar-refractivity contribution < 1.29 is 13.2 Å². The molecule has 1 rings (SSSR count). The summed E-state index contributed by atoms with van der Waals surface area (Å²) < 4.78 is 35.6. The van der Waals surface area contributed by atoms with Gasteiger partial charge in [0.05, 0.1) is 6.42 Å². The first kappa shape index (κ1) is 14.0. The van der Waals surface area contributed by atoms with Crippen LogP contribution in [-0.2, 0) is 13.0 Å². The van der Waals surface area contributed by atoms with Crippen LogP contribution in [-0.4, -0.2) is 19.3 Å². The first-order chi connectivity index (χ1) is 8.01. The zero-order chi connectivity index (χ0) is 12.7. The van der Waals surface area contributed by atoms with Gasteiger partial charge in [-0.1, -0.05) is 24.3 Å². The summed E-state index contributed by atoms with van der Waals surface area (Å²) >= 11 is 0. The molecule has 0 heterocycles. The van der Waals surface area contributed by atoms with E-state index in [4.69, 9.17) is 5.73 Å². The Morgan fingerprint density at radius 3 is 2.18 bits per heavy atom. The fourth-order valence-corrected chi connectivity index (χ4v) is 1.45. The fraction of sp³-hybridized carbons (Fsp3) is 0.500. The van der Waals surface area contributed by atoms with Crippen LogP contribution < -0.4 is 11.1 Å². The van der Waals surface area contributed by atoms with Gasteiger partial charge >= 0.3 is 6.18 Å². The van der Waals surface area contributed by atoms with Crippen LogP contribution in [0.2, 0.25) is 0 Å². The van der Waals surface area contributed by atoms with Crippen LogP contribution in [0.1, 0.15) is 17.5 Å². The summed E-state index contributed by atoms with van der Waals surface area (Å²) in [6.07, 6.45) is -4.06. The van der Waals surface area contributed by atoms with E-state index in [1.54, 1.807) is 0 Å². The average molecular weight is 246 g/mol. The highest BCUT2D eigenvalue weighted by molar-refractivity contribution is 5.22. The van der Waals surface area contributed by atoms with E-state index >= 15 is 0 Å². The number of rotatable bonds is 6. The molecule has 0 radical (unpaired) electrons. The molecule has 0 saturated heterocycles. The molecule has 0 atom stereocenters. The first-order valence-corrected chi connectivity index (χ1v) is 5.56. The summed E-state index contributed by atoms with van der Waals surface area (Å²) in [5.41, 5.74) is 7.54. The van der Waals surface area contributed by atoms with E-state index in [2.05, 4.69) is 5.32 Å². The molecule has 0 bridgehead atoms. The van der Waals surface area contributed by atoms with Gasteiger partial charge in [-0.25, -0.2) is 0 Å². The Hall–Kier alpha value is -1.07. The molecule has 5 heteroatoms. The van der Waals surface area contributed by atoms with E-state index < -0.39 is 12.6 Å². The molecule has 0 amide bonds. The van der Waals surface area contributed by atoms with Gasteiger partial charge in [-0.15, -0.1) is 0 Å². The standard InChI is InChI=1S/C12H17F3N2/c13-12(14,15)6-8-17-9-11-3-1-10(2-4-11)5-7-16/h1-4,17H,5-9,16H2. The molecule has 0 aliphatic carbocycles. The molecule has 1 aromatic carbocycles. The van der Waals surface area contributed by atoms with E-state index in [1.807, 2.05) is 24.3 Å². The third-order valence-electron chi connectivity index (χ3n) is 2.37. The second-order valence-electron chi connectivity index (χ2n) is 3.90. The SMILES string of the molecule is NCCc1ccc(CNCCC(F)(F)F)cc1. The zero-order valence-corrected chi connectivity index (χ0v) is 9.56. The Bertz CT molecular complexity index is 320. The molecule has 0 aliphatic heterocycles. The lowest BCUT2D eigenvalue weighted by atomic mass is 10.1. The maximum absolute atomic E-state index is 11.9. The van der Waals surface area contributed by atoms with Crippen LogP contribution in [0.3, 0.4) is 0 Å². The molecule has 2 nitrogen and oxygen atoms in total. The lowest BCUT2D eigenvalue weighted by Gasteiger charge is -2.08. The van der Waals surface area contributed by atoms with Gasteiger partial charge in [-0.05, 0) is 24.1 Å². The lowest BCUT2D eigenvalue weighted by Crippen LogP contribution is -2.21. The maximum atomic E-state index is 11.9. The van der Waals surface area contributed by atoms with Gasteiger partial charge in [-0.3, -0.25) is 0 Å². The van der Waals surface area contributed by atoms with Crippen molar-refractivity contribution in [2.24, 2.45) is 5.73 Å². The fourth-order valence-electron chi connectivity index (χ4n) is 1.45. The van der Waals surface area contributed by atoms with Crippen molar-refractivity contribution in [1.29, 1.82) is 0 Å². The quantitative estimate of drug-likeness (QED) is 0.755. The smallest absolute Gasteiger partial charge is 0.330 e. The highest BCUT2D eigenvalue weighted by Gasteiger charge is 2.25. The van der Waals surface area contributed by atoms with E-state index in [0.717, 1.165) is 17.5 Å². The van der Waals surface area contributed by atoms with Crippen molar-refractivity contribution in [2.75, 3.05) is 13.1 Å². The Morgan fingerprint density at radius 1 is 1.06 bits per heavy atom. The monoisotopic (exact) mass is 246 g/mol. The number of halogens is 3. The summed E-state index contributed by atoms with van der Waals surface area (Å²) in [7, 11) is 0. The molecular weight excluding hydrogens is 229 g/mol. The molecule has 1 aromatic rings. The maximum Gasteiger partial charge on any atom is 0.390 e. The Labute approximate surface area is 99.0 Å². The lowest BCUT2D eigenvalue weighted by molar-refractivity contribution is -0.133. The Kier molecular flexibility index (Phi) is 5.44. The molecular formula is C12H17F3N2. The normalized spacial score (nSPS) is 11.8. The van der Waals surface area contributed by atoms with Gasteiger partial charge in [0.2, 0.25) is 0 Å². The predicted octanol–water partition coefficient (Wildman–Crippen LogP) is 2.23. The van der Waals surface area contributed by atoms with Gasteiger partial charge in [0.15, 0.2) is 0 Å². The second kappa shape index (κ2) is 6.61. The minimum atomic E-state index is -4.09. The van der Waals surface area contributed by atoms with E-state index in [9.17, 15) is 13.2 Å². The van der Waals surface area contributed by atoms with Crippen molar-refractivity contribution in [1.82, 2.24) is 5.32 Å². The van der Waals surface area contributed by atoms with Crippen molar-refractivity contribution in [3.63, 3.8) is 0 Å². The summed E-state index contributed by atoms with van der Waals surface area (Å²) in [6.45, 7) is 1.01. The van der Waals surface area contributed by atoms with Gasteiger partial charge in [0, 0.05) is 13.1 Å². The second-order valence-corrected chi connectivity index (χ2v) is 3.90. The van der Waals surface area contributed by atoms with Crippen LogP contribution in [0, 0.1) is 0 Å². The largest absolute Gasteiger partial charge is 0.390 e. The average Bonchev–Trinajstić information content (AvgIpc) is 2.26. The van der Waals surface area contributed by atoms with Crippen LogP contribution in [0.15, 0.2) is 24.3 Å². The Balaban J connectivity index is 2.27. The van der Waals surface area contributed by atoms with Crippen molar-refractivity contribution in [2.45, 2.75) is 25.6 Å². The first-order valence-electron chi connectivity index (χ1n) is 5.56. The number of hydrogen-bond acceptors (Lipinski definition) is 2. The molecule has 0 fully saturated rings. The van der Waals surface area contributed by atoms with E-state index in [0.29, 0.717) is 13.1 Å². The van der Waals surface area contributed by atoms with Crippen molar-refractivity contribution >= 4 is 0 Å². The molecule has 0 saturated carbocycles. The van der Waals surface area contributed by atoms with Crippen LogP contribution in [0.4, 0.5) is 13.2 Å². The number of hydrogen-bond donors (Lipinski definition) is 2. The van der Waals surface area contributed by atoms with Crippen molar-refractivity contribution in [3.8, 4) is 0 Å². The zero-order valence-electron chi connectivity index (χ0n) is 9.56. The topological polar surface area (TPSA) is 38.0 Å². The molecule has 0 aliphatic rings. The molecule has 96 valence electrons. The van der Waals surface area contributed by atoms with Gasteiger partial charge in [0.25, 0.3) is 0 Å².